The number of aromatic amines is 1. The Kier molecular flexibility index (Phi) is 5.01. The molecule has 27 heavy (non-hydrogen) atoms. The summed E-state index contributed by atoms with van der Waals surface area (Å²) < 4.78 is 1.60. The topological polar surface area (TPSA) is 63.0 Å². The number of thioether (sulfide) groups is 1. The number of benzene rings is 2. The van der Waals surface area contributed by atoms with Crippen LogP contribution in [0.4, 0.5) is 0 Å². The molecule has 7 heteroatoms. The molecule has 0 aliphatic heterocycles. The van der Waals surface area contributed by atoms with Crippen LogP contribution in [0.1, 0.15) is 18.1 Å². The Labute approximate surface area is 165 Å². The Morgan fingerprint density at radius 3 is 2.67 bits per heavy atom. The second kappa shape index (κ2) is 7.58. The van der Waals surface area contributed by atoms with E-state index in [1.807, 2.05) is 36.4 Å². The lowest BCUT2D eigenvalue weighted by molar-refractivity contribution is 0.728. The van der Waals surface area contributed by atoms with Gasteiger partial charge in [0.25, 0.3) is 5.56 Å². The fraction of sp³-hybridized carbons (Fsp3) is 0.150. The van der Waals surface area contributed by atoms with Crippen LogP contribution >= 0.6 is 23.4 Å². The molecule has 0 amide bonds. The maximum absolute atomic E-state index is 12.2. The van der Waals surface area contributed by atoms with Crippen molar-refractivity contribution in [3.63, 3.8) is 0 Å². The van der Waals surface area contributed by atoms with Gasteiger partial charge in [-0.25, -0.2) is 9.61 Å². The number of nitrogens with zero attached hydrogens (tertiary/aromatic N) is 3. The van der Waals surface area contributed by atoms with Crippen molar-refractivity contribution in [2.45, 2.75) is 24.3 Å². The lowest BCUT2D eigenvalue weighted by Crippen LogP contribution is -2.13. The zero-order chi connectivity index (χ0) is 18.8. The van der Waals surface area contributed by atoms with Crippen LogP contribution in [0, 0.1) is 0 Å². The third-order valence-corrected chi connectivity index (χ3v) is 5.70. The molecule has 0 atom stereocenters. The fourth-order valence-corrected chi connectivity index (χ4v) is 3.99. The van der Waals surface area contributed by atoms with Gasteiger partial charge in [-0.2, -0.15) is 5.10 Å². The molecule has 0 aliphatic rings. The molecule has 0 spiro atoms. The fourth-order valence-electron chi connectivity index (χ4n) is 2.80. The highest BCUT2D eigenvalue weighted by Gasteiger charge is 2.13. The first-order valence-corrected chi connectivity index (χ1v) is 9.96. The minimum atomic E-state index is -0.263. The summed E-state index contributed by atoms with van der Waals surface area (Å²) in [6, 6.07) is 17.7. The summed E-state index contributed by atoms with van der Waals surface area (Å²) >= 11 is 7.70. The van der Waals surface area contributed by atoms with Gasteiger partial charge in [-0.05, 0) is 29.7 Å². The van der Waals surface area contributed by atoms with E-state index in [-0.39, 0.29) is 5.56 Å². The third kappa shape index (κ3) is 3.63. The van der Waals surface area contributed by atoms with Crippen molar-refractivity contribution in [3.8, 4) is 11.3 Å². The zero-order valence-electron chi connectivity index (χ0n) is 14.6. The van der Waals surface area contributed by atoms with Gasteiger partial charge in [-0.3, -0.25) is 4.79 Å². The highest BCUT2D eigenvalue weighted by Crippen LogP contribution is 2.26. The number of halogens is 1. The number of H-pyrrole nitrogens is 1. The molecular formula is C20H17ClN4OS. The summed E-state index contributed by atoms with van der Waals surface area (Å²) in [4.78, 5) is 12.2. The third-order valence-electron chi connectivity index (χ3n) is 4.35. The number of nitrogens with one attached hydrogen (secondary N) is 1. The number of hydrogen-bond acceptors (Lipinski definition) is 4. The maximum Gasteiger partial charge on any atom is 0.290 e. The zero-order valence-corrected chi connectivity index (χ0v) is 16.2. The maximum atomic E-state index is 12.2. The predicted octanol–water partition coefficient (Wildman–Crippen LogP) is 4.59. The molecule has 1 N–H and O–H groups in total. The highest BCUT2D eigenvalue weighted by atomic mass is 35.5. The van der Waals surface area contributed by atoms with Crippen LogP contribution in [0.15, 0.2) is 64.5 Å². The minimum absolute atomic E-state index is 0.263. The van der Waals surface area contributed by atoms with E-state index < -0.39 is 0 Å². The largest absolute Gasteiger partial charge is 0.290 e. The average Bonchev–Trinajstić information content (AvgIpc) is 3.15. The number of aromatic nitrogens is 4. The summed E-state index contributed by atoms with van der Waals surface area (Å²) in [6.07, 6.45) is 0.984. The van der Waals surface area contributed by atoms with Crippen molar-refractivity contribution in [1.29, 1.82) is 0 Å². The van der Waals surface area contributed by atoms with Crippen LogP contribution in [0.3, 0.4) is 0 Å². The summed E-state index contributed by atoms with van der Waals surface area (Å²) in [5.41, 5.74) is 4.20. The summed E-state index contributed by atoms with van der Waals surface area (Å²) in [6.45, 7) is 2.12. The Morgan fingerprint density at radius 2 is 1.93 bits per heavy atom. The van der Waals surface area contributed by atoms with E-state index in [0.717, 1.165) is 23.2 Å². The summed E-state index contributed by atoms with van der Waals surface area (Å²) in [5.74, 6) is 0.633. The average molecular weight is 397 g/mol. The molecule has 4 aromatic rings. The van der Waals surface area contributed by atoms with Gasteiger partial charge in [0.15, 0.2) is 0 Å². The first-order chi connectivity index (χ1) is 13.2. The Hall–Kier alpha value is -2.57. The van der Waals surface area contributed by atoms with Crippen LogP contribution in [-0.4, -0.2) is 19.8 Å². The van der Waals surface area contributed by atoms with E-state index in [0.29, 0.717) is 21.4 Å². The van der Waals surface area contributed by atoms with Crippen molar-refractivity contribution in [1.82, 2.24) is 19.8 Å². The molecule has 0 saturated heterocycles. The molecule has 2 aromatic heterocycles. The van der Waals surface area contributed by atoms with Crippen molar-refractivity contribution in [2.75, 3.05) is 0 Å². The van der Waals surface area contributed by atoms with E-state index in [1.165, 1.54) is 17.3 Å². The molecule has 5 nitrogen and oxygen atoms in total. The van der Waals surface area contributed by atoms with Crippen molar-refractivity contribution < 1.29 is 0 Å². The van der Waals surface area contributed by atoms with Crippen LogP contribution in [-0.2, 0) is 12.2 Å². The monoisotopic (exact) mass is 396 g/mol. The van der Waals surface area contributed by atoms with E-state index in [9.17, 15) is 4.79 Å². The van der Waals surface area contributed by atoms with Gasteiger partial charge in [0.1, 0.15) is 5.52 Å². The number of rotatable bonds is 5. The summed E-state index contributed by atoms with van der Waals surface area (Å²) in [5, 5.41) is 12.7. The molecular weight excluding hydrogens is 380 g/mol. The number of aryl methyl sites for hydroxylation is 1. The molecule has 0 unspecified atom stereocenters. The predicted molar refractivity (Wildman–Crippen MR) is 109 cm³/mol. The second-order valence-corrected chi connectivity index (χ2v) is 7.44. The Balaban J connectivity index is 1.69. The van der Waals surface area contributed by atoms with E-state index >= 15 is 0 Å². The molecule has 2 aromatic carbocycles. The van der Waals surface area contributed by atoms with E-state index in [2.05, 4.69) is 34.4 Å². The Morgan fingerprint density at radius 1 is 1.15 bits per heavy atom. The molecule has 136 valence electrons. The molecule has 0 saturated carbocycles. The normalized spacial score (nSPS) is 11.2. The van der Waals surface area contributed by atoms with Gasteiger partial charge in [-0.15, -0.1) is 5.10 Å². The lowest BCUT2D eigenvalue weighted by atomic mass is 10.1. The second-order valence-electron chi connectivity index (χ2n) is 6.09. The van der Waals surface area contributed by atoms with Gasteiger partial charge in [0.2, 0.25) is 5.16 Å². The first kappa shape index (κ1) is 17.8. The smallest absolute Gasteiger partial charge is 0.266 e. The highest BCUT2D eigenvalue weighted by molar-refractivity contribution is 7.98. The van der Waals surface area contributed by atoms with Crippen molar-refractivity contribution >= 4 is 28.9 Å². The number of fused-ring (bicyclic) bond motifs is 1. The van der Waals surface area contributed by atoms with Crippen LogP contribution in [0.25, 0.3) is 16.8 Å². The number of hydrogen-bond donors (Lipinski definition) is 1. The molecule has 4 rings (SSSR count). The van der Waals surface area contributed by atoms with Gasteiger partial charge in [0, 0.05) is 16.3 Å². The molecule has 0 bridgehead atoms. The minimum Gasteiger partial charge on any atom is -0.266 e. The molecule has 2 heterocycles. The Bertz CT molecular complexity index is 1150. The van der Waals surface area contributed by atoms with Gasteiger partial charge in [-0.1, -0.05) is 72.8 Å². The van der Waals surface area contributed by atoms with Gasteiger partial charge >= 0.3 is 0 Å². The molecule has 0 radical (unpaired) electrons. The standard InChI is InChI=1S/C20H17ClN4OS/c1-2-13-7-9-14(10-8-13)17-11-18-19(26)22-23-20(25(18)24-17)27-12-15-5-3-4-6-16(15)21/h3-11H,2,12H2,1H3,(H,22,26). The van der Waals surface area contributed by atoms with Crippen LogP contribution < -0.4 is 5.56 Å². The van der Waals surface area contributed by atoms with Crippen LogP contribution in [0.5, 0.6) is 0 Å². The van der Waals surface area contributed by atoms with E-state index in [1.54, 1.807) is 10.6 Å². The lowest BCUT2D eigenvalue weighted by Gasteiger charge is -2.04. The molecule has 0 aliphatic carbocycles. The first-order valence-electron chi connectivity index (χ1n) is 8.59. The molecule has 0 fully saturated rings. The summed E-state index contributed by atoms with van der Waals surface area (Å²) in [7, 11) is 0. The SMILES string of the molecule is CCc1ccc(-c2cc3c(=O)[nH]nc(SCc4ccccc4Cl)n3n2)cc1. The van der Waals surface area contributed by atoms with Gasteiger partial charge in [0.05, 0.1) is 5.69 Å². The van der Waals surface area contributed by atoms with E-state index in [4.69, 9.17) is 11.6 Å². The van der Waals surface area contributed by atoms with Crippen molar-refractivity contribution in [2.24, 2.45) is 0 Å². The van der Waals surface area contributed by atoms with Crippen molar-refractivity contribution in [3.05, 3.63) is 81.1 Å². The van der Waals surface area contributed by atoms with Gasteiger partial charge < -0.3 is 0 Å². The quantitative estimate of drug-likeness (QED) is 0.501. The van der Waals surface area contributed by atoms with Crippen LogP contribution in [0.2, 0.25) is 5.02 Å².